The molecule has 2 aromatic carbocycles. The molecule has 0 fully saturated rings. The predicted molar refractivity (Wildman–Crippen MR) is 91.0 cm³/mol. The molecule has 0 bridgehead atoms. The van der Waals surface area contributed by atoms with Crippen LogP contribution in [-0.2, 0) is 4.79 Å². The van der Waals surface area contributed by atoms with Crippen molar-refractivity contribution in [3.8, 4) is 0 Å². The highest BCUT2D eigenvalue weighted by atomic mass is 16.1. The number of allylic oxidation sites excluding steroid dienone is 5. The van der Waals surface area contributed by atoms with E-state index in [1.54, 1.807) is 12.2 Å². The zero-order valence-electron chi connectivity index (χ0n) is 12.0. The number of carbonyl (C=O) groups excluding carboxylic acids is 1. The second kappa shape index (κ2) is 5.74. The summed E-state index contributed by atoms with van der Waals surface area (Å²) in [5, 5.41) is 0. The minimum Gasteiger partial charge on any atom is -0.399 e. The Hall–Kier alpha value is -3.07. The van der Waals surface area contributed by atoms with Crippen LogP contribution in [0.3, 0.4) is 0 Å². The van der Waals surface area contributed by atoms with Gasteiger partial charge in [-0.3, -0.25) is 4.79 Å². The summed E-state index contributed by atoms with van der Waals surface area (Å²) < 4.78 is 0. The Labute approximate surface area is 129 Å². The molecule has 0 aliphatic heterocycles. The minimum atomic E-state index is -0.00212. The SMILES string of the molecule is Nc1ccc(C(=C2C=CC(=O)C=C2)c2ccc(N)cc2)cc1. The first-order chi connectivity index (χ1) is 10.6. The third-order valence-corrected chi connectivity index (χ3v) is 3.54. The average molecular weight is 288 g/mol. The van der Waals surface area contributed by atoms with Crippen LogP contribution in [0.1, 0.15) is 11.1 Å². The summed E-state index contributed by atoms with van der Waals surface area (Å²) in [6.07, 6.45) is 6.82. The number of rotatable bonds is 2. The highest BCUT2D eigenvalue weighted by Crippen LogP contribution is 2.30. The Morgan fingerprint density at radius 1 is 0.636 bits per heavy atom. The van der Waals surface area contributed by atoms with Gasteiger partial charge in [-0.25, -0.2) is 0 Å². The number of hydrogen-bond donors (Lipinski definition) is 2. The molecule has 0 heterocycles. The topological polar surface area (TPSA) is 69.1 Å². The van der Waals surface area contributed by atoms with E-state index in [0.29, 0.717) is 0 Å². The van der Waals surface area contributed by atoms with Gasteiger partial charge in [0.2, 0.25) is 0 Å². The summed E-state index contributed by atoms with van der Waals surface area (Å²) >= 11 is 0. The summed E-state index contributed by atoms with van der Waals surface area (Å²) in [5.74, 6) is -0.00212. The molecule has 0 saturated heterocycles. The molecule has 108 valence electrons. The van der Waals surface area contributed by atoms with Crippen molar-refractivity contribution >= 4 is 22.7 Å². The van der Waals surface area contributed by atoms with E-state index >= 15 is 0 Å². The average Bonchev–Trinajstić information content (AvgIpc) is 2.53. The van der Waals surface area contributed by atoms with Crippen LogP contribution in [0.15, 0.2) is 78.4 Å². The van der Waals surface area contributed by atoms with Crippen molar-refractivity contribution in [3.05, 3.63) is 89.5 Å². The van der Waals surface area contributed by atoms with E-state index in [9.17, 15) is 4.79 Å². The number of carbonyl (C=O) groups is 1. The van der Waals surface area contributed by atoms with Gasteiger partial charge in [0.15, 0.2) is 5.78 Å². The lowest BCUT2D eigenvalue weighted by molar-refractivity contribution is -0.110. The Morgan fingerprint density at radius 3 is 1.45 bits per heavy atom. The monoisotopic (exact) mass is 288 g/mol. The van der Waals surface area contributed by atoms with Gasteiger partial charge in [0, 0.05) is 11.4 Å². The lowest BCUT2D eigenvalue weighted by Gasteiger charge is -2.14. The van der Waals surface area contributed by atoms with Crippen molar-refractivity contribution in [1.82, 2.24) is 0 Å². The van der Waals surface area contributed by atoms with E-state index in [1.165, 1.54) is 0 Å². The summed E-state index contributed by atoms with van der Waals surface area (Å²) in [4.78, 5) is 11.4. The van der Waals surface area contributed by atoms with Crippen LogP contribution in [0.4, 0.5) is 11.4 Å². The lowest BCUT2D eigenvalue weighted by Crippen LogP contribution is -1.98. The standard InChI is InChI=1S/C19H16N2O/c20-16-7-1-13(2-8-16)19(14-3-9-17(21)10-4-14)15-5-11-18(22)12-6-15/h1-12H,20-21H2. The number of anilines is 2. The molecule has 0 spiro atoms. The van der Waals surface area contributed by atoms with Crippen LogP contribution in [0.2, 0.25) is 0 Å². The third kappa shape index (κ3) is 2.83. The van der Waals surface area contributed by atoms with Gasteiger partial charge in [0.1, 0.15) is 0 Å². The predicted octanol–water partition coefficient (Wildman–Crippen LogP) is 3.35. The summed E-state index contributed by atoms with van der Waals surface area (Å²) in [6, 6.07) is 15.4. The van der Waals surface area contributed by atoms with Crippen LogP contribution in [0.5, 0.6) is 0 Å². The number of ketones is 1. The highest BCUT2D eigenvalue weighted by Gasteiger charge is 2.11. The molecule has 0 radical (unpaired) electrons. The first kappa shape index (κ1) is 13.9. The molecular formula is C19H16N2O. The molecule has 3 rings (SSSR count). The Morgan fingerprint density at radius 2 is 1.05 bits per heavy atom. The number of nitrogen functional groups attached to an aromatic ring is 2. The van der Waals surface area contributed by atoms with Gasteiger partial charge in [-0.05, 0) is 58.7 Å². The minimum absolute atomic E-state index is 0.00212. The van der Waals surface area contributed by atoms with Gasteiger partial charge in [-0.2, -0.15) is 0 Å². The maximum Gasteiger partial charge on any atom is 0.178 e. The molecule has 22 heavy (non-hydrogen) atoms. The van der Waals surface area contributed by atoms with Gasteiger partial charge >= 0.3 is 0 Å². The van der Waals surface area contributed by atoms with Crippen molar-refractivity contribution < 1.29 is 4.79 Å². The Balaban J connectivity index is 2.18. The maximum absolute atomic E-state index is 11.4. The molecule has 0 unspecified atom stereocenters. The van der Waals surface area contributed by atoms with Gasteiger partial charge < -0.3 is 11.5 Å². The molecule has 0 amide bonds. The second-order valence-corrected chi connectivity index (χ2v) is 5.14. The summed E-state index contributed by atoms with van der Waals surface area (Å²) in [5.41, 5.74) is 17.1. The van der Waals surface area contributed by atoms with E-state index in [0.717, 1.165) is 33.6 Å². The van der Waals surface area contributed by atoms with E-state index < -0.39 is 0 Å². The molecule has 3 nitrogen and oxygen atoms in total. The molecule has 4 N–H and O–H groups in total. The highest BCUT2D eigenvalue weighted by molar-refractivity contribution is 6.03. The molecule has 0 aromatic heterocycles. The molecular weight excluding hydrogens is 272 g/mol. The molecule has 2 aromatic rings. The molecule has 0 atom stereocenters. The zero-order chi connectivity index (χ0) is 15.5. The van der Waals surface area contributed by atoms with Gasteiger partial charge in [-0.15, -0.1) is 0 Å². The van der Waals surface area contributed by atoms with Crippen molar-refractivity contribution in [1.29, 1.82) is 0 Å². The number of benzene rings is 2. The van der Waals surface area contributed by atoms with Crippen molar-refractivity contribution in [3.63, 3.8) is 0 Å². The fourth-order valence-corrected chi connectivity index (χ4v) is 2.42. The van der Waals surface area contributed by atoms with E-state index in [2.05, 4.69) is 0 Å². The maximum atomic E-state index is 11.4. The second-order valence-electron chi connectivity index (χ2n) is 5.14. The van der Waals surface area contributed by atoms with E-state index in [1.807, 2.05) is 60.7 Å². The molecule has 1 aliphatic carbocycles. The van der Waals surface area contributed by atoms with Crippen LogP contribution in [0.25, 0.3) is 5.57 Å². The van der Waals surface area contributed by atoms with E-state index in [-0.39, 0.29) is 5.78 Å². The van der Waals surface area contributed by atoms with Crippen LogP contribution in [0, 0.1) is 0 Å². The normalized spacial score (nSPS) is 13.5. The van der Waals surface area contributed by atoms with Crippen molar-refractivity contribution in [2.45, 2.75) is 0 Å². The Bertz CT molecular complexity index is 729. The first-order valence-corrected chi connectivity index (χ1v) is 7.00. The van der Waals surface area contributed by atoms with Crippen LogP contribution >= 0.6 is 0 Å². The largest absolute Gasteiger partial charge is 0.399 e. The number of hydrogen-bond acceptors (Lipinski definition) is 3. The third-order valence-electron chi connectivity index (χ3n) is 3.54. The molecule has 0 saturated carbocycles. The molecule has 3 heteroatoms. The summed E-state index contributed by atoms with van der Waals surface area (Å²) in [6.45, 7) is 0. The quantitative estimate of drug-likeness (QED) is 0.833. The summed E-state index contributed by atoms with van der Waals surface area (Å²) in [7, 11) is 0. The van der Waals surface area contributed by atoms with Gasteiger partial charge in [-0.1, -0.05) is 36.4 Å². The van der Waals surface area contributed by atoms with Crippen molar-refractivity contribution in [2.75, 3.05) is 11.5 Å². The van der Waals surface area contributed by atoms with Gasteiger partial charge in [0.05, 0.1) is 0 Å². The van der Waals surface area contributed by atoms with Gasteiger partial charge in [0.25, 0.3) is 0 Å². The van der Waals surface area contributed by atoms with Crippen LogP contribution in [-0.4, -0.2) is 5.78 Å². The fourth-order valence-electron chi connectivity index (χ4n) is 2.42. The zero-order valence-corrected chi connectivity index (χ0v) is 12.0. The first-order valence-electron chi connectivity index (χ1n) is 7.00. The lowest BCUT2D eigenvalue weighted by atomic mass is 9.91. The smallest absolute Gasteiger partial charge is 0.178 e. The van der Waals surface area contributed by atoms with Crippen LogP contribution < -0.4 is 11.5 Å². The van der Waals surface area contributed by atoms with Crippen molar-refractivity contribution in [2.24, 2.45) is 0 Å². The Kier molecular flexibility index (Phi) is 3.62. The number of nitrogens with two attached hydrogens (primary N) is 2. The molecule has 1 aliphatic rings. The fraction of sp³-hybridized carbons (Fsp3) is 0. The van der Waals surface area contributed by atoms with E-state index in [4.69, 9.17) is 11.5 Å².